The van der Waals surface area contributed by atoms with Crippen LogP contribution in [-0.2, 0) is 11.2 Å². The van der Waals surface area contributed by atoms with Crippen molar-refractivity contribution in [3.8, 4) is 0 Å². The fourth-order valence-corrected chi connectivity index (χ4v) is 5.61. The summed E-state index contributed by atoms with van der Waals surface area (Å²) in [6, 6.07) is 6.61. The van der Waals surface area contributed by atoms with Crippen LogP contribution in [-0.4, -0.2) is 48.6 Å². The highest BCUT2D eigenvalue weighted by Gasteiger charge is 2.32. The average Bonchev–Trinajstić information content (AvgIpc) is 3.15. The Bertz CT molecular complexity index is 959. The van der Waals surface area contributed by atoms with Gasteiger partial charge in [0.2, 0.25) is 0 Å². The van der Waals surface area contributed by atoms with Crippen molar-refractivity contribution in [3.63, 3.8) is 0 Å². The molecule has 1 aromatic heterocycles. The van der Waals surface area contributed by atoms with Gasteiger partial charge in [0.15, 0.2) is 0 Å². The number of benzene rings is 1. The Balaban J connectivity index is 1.58. The highest BCUT2D eigenvalue weighted by molar-refractivity contribution is 7.14. The third-order valence-corrected chi connectivity index (χ3v) is 7.75. The molecule has 2 aliphatic rings. The third-order valence-electron chi connectivity index (χ3n) is 6.44. The number of allylic oxidation sites excluding steroid dienone is 1. The summed E-state index contributed by atoms with van der Waals surface area (Å²) in [6.45, 7) is 12.7. The molecule has 1 saturated heterocycles. The fourth-order valence-electron chi connectivity index (χ4n) is 4.66. The van der Waals surface area contributed by atoms with Gasteiger partial charge >= 0.3 is 0 Å². The summed E-state index contributed by atoms with van der Waals surface area (Å²) in [6.07, 6.45) is 3.39. The molecule has 0 radical (unpaired) electrons. The largest absolute Gasteiger partial charge is 0.381 e. The van der Waals surface area contributed by atoms with Crippen LogP contribution in [0.2, 0.25) is 0 Å². The normalized spacial score (nSPS) is 19.7. The van der Waals surface area contributed by atoms with E-state index in [1.807, 2.05) is 25.9 Å². The van der Waals surface area contributed by atoms with Crippen molar-refractivity contribution >= 4 is 28.5 Å². The van der Waals surface area contributed by atoms with E-state index < -0.39 is 0 Å². The molecule has 1 amide bonds. The van der Waals surface area contributed by atoms with Crippen molar-refractivity contribution in [1.82, 2.24) is 9.88 Å². The number of ether oxygens (including phenoxy) is 1. The fraction of sp³-hybridized carbons (Fsp3) is 0.500. The molecule has 0 bridgehead atoms. The molecular weight excluding hydrogens is 394 g/mol. The smallest absolute Gasteiger partial charge is 0.266 e. The number of nitrogens with zero attached hydrogens (tertiary/aromatic N) is 3. The van der Waals surface area contributed by atoms with Gasteiger partial charge in [-0.2, -0.15) is 0 Å². The zero-order valence-electron chi connectivity index (χ0n) is 18.4. The molecule has 1 fully saturated rings. The standard InChI is InChI=1S/C24H31N3O2S/c1-15(2)23-25-16(3)22(30-23)24(28)27-14-11-20-19(17(27)4)7-6-8-21(20)26-12-9-18(29-5)10-13-26/h6-8,17-18H,1,9-14H2,2-5H3. The Morgan fingerprint density at radius 2 is 2.00 bits per heavy atom. The van der Waals surface area contributed by atoms with Crippen molar-refractivity contribution < 1.29 is 9.53 Å². The van der Waals surface area contributed by atoms with E-state index in [0.717, 1.165) is 60.0 Å². The summed E-state index contributed by atoms with van der Waals surface area (Å²) in [7, 11) is 1.81. The van der Waals surface area contributed by atoms with Gasteiger partial charge in [0.1, 0.15) is 9.88 Å². The molecule has 160 valence electrons. The summed E-state index contributed by atoms with van der Waals surface area (Å²) in [5, 5.41) is 0.850. The lowest BCUT2D eigenvalue weighted by Crippen LogP contribution is -2.41. The quantitative estimate of drug-likeness (QED) is 0.702. The number of aromatic nitrogens is 1. The number of methoxy groups -OCH3 is 1. The number of piperidine rings is 1. The molecule has 0 aliphatic carbocycles. The summed E-state index contributed by atoms with van der Waals surface area (Å²) in [5.74, 6) is 0.0851. The second-order valence-electron chi connectivity index (χ2n) is 8.41. The van der Waals surface area contributed by atoms with E-state index in [2.05, 4.69) is 41.6 Å². The summed E-state index contributed by atoms with van der Waals surface area (Å²) in [4.78, 5) is 23.1. The number of aryl methyl sites for hydroxylation is 1. The first-order valence-corrected chi connectivity index (χ1v) is 11.6. The number of fused-ring (bicyclic) bond motifs is 1. The summed E-state index contributed by atoms with van der Waals surface area (Å²) >= 11 is 1.46. The lowest BCUT2D eigenvalue weighted by molar-refractivity contribution is 0.0681. The number of hydrogen-bond acceptors (Lipinski definition) is 5. The van der Waals surface area contributed by atoms with Gasteiger partial charge in [0, 0.05) is 32.4 Å². The van der Waals surface area contributed by atoms with E-state index in [4.69, 9.17) is 4.74 Å². The minimum Gasteiger partial charge on any atom is -0.381 e. The second kappa shape index (κ2) is 8.52. The van der Waals surface area contributed by atoms with Crippen LogP contribution < -0.4 is 4.90 Å². The van der Waals surface area contributed by atoms with E-state index in [1.54, 1.807) is 0 Å². The van der Waals surface area contributed by atoms with Crippen LogP contribution in [0.4, 0.5) is 5.69 Å². The van der Waals surface area contributed by atoms with Gasteiger partial charge in [-0.05, 0) is 62.8 Å². The second-order valence-corrected chi connectivity index (χ2v) is 9.40. The van der Waals surface area contributed by atoms with Crippen LogP contribution in [0, 0.1) is 6.92 Å². The molecule has 30 heavy (non-hydrogen) atoms. The lowest BCUT2D eigenvalue weighted by atomic mass is 9.90. The summed E-state index contributed by atoms with van der Waals surface area (Å²) in [5.41, 5.74) is 5.70. The van der Waals surface area contributed by atoms with E-state index in [-0.39, 0.29) is 11.9 Å². The first kappa shape index (κ1) is 21.1. The van der Waals surface area contributed by atoms with E-state index >= 15 is 0 Å². The molecule has 0 N–H and O–H groups in total. The Kier molecular flexibility index (Phi) is 5.98. The zero-order chi connectivity index (χ0) is 21.4. The maximum absolute atomic E-state index is 13.4. The Morgan fingerprint density at radius 1 is 1.27 bits per heavy atom. The molecule has 1 unspecified atom stereocenters. The van der Waals surface area contributed by atoms with Crippen LogP contribution in [0.15, 0.2) is 24.8 Å². The van der Waals surface area contributed by atoms with Crippen molar-refractivity contribution in [1.29, 1.82) is 0 Å². The molecule has 2 aromatic rings. The Morgan fingerprint density at radius 3 is 2.63 bits per heavy atom. The first-order valence-electron chi connectivity index (χ1n) is 10.7. The number of carbonyl (C=O) groups excluding carboxylic acids is 1. The first-order chi connectivity index (χ1) is 14.4. The van der Waals surface area contributed by atoms with Crippen LogP contribution in [0.25, 0.3) is 5.57 Å². The molecule has 1 aromatic carbocycles. The van der Waals surface area contributed by atoms with Crippen molar-refractivity contribution in [2.75, 3.05) is 31.6 Å². The van der Waals surface area contributed by atoms with Crippen molar-refractivity contribution in [2.24, 2.45) is 0 Å². The number of amides is 1. The van der Waals surface area contributed by atoms with Gasteiger partial charge in [-0.1, -0.05) is 18.7 Å². The maximum Gasteiger partial charge on any atom is 0.266 e. The minimum atomic E-state index is 0.0486. The predicted octanol–water partition coefficient (Wildman–Crippen LogP) is 4.86. The summed E-state index contributed by atoms with van der Waals surface area (Å²) < 4.78 is 5.53. The van der Waals surface area contributed by atoms with Gasteiger partial charge < -0.3 is 14.5 Å². The molecule has 3 heterocycles. The van der Waals surface area contributed by atoms with Gasteiger partial charge in [-0.15, -0.1) is 11.3 Å². The molecule has 0 saturated carbocycles. The van der Waals surface area contributed by atoms with Gasteiger partial charge in [-0.25, -0.2) is 4.98 Å². The number of rotatable bonds is 4. The van der Waals surface area contributed by atoms with Gasteiger partial charge in [0.25, 0.3) is 5.91 Å². The molecule has 0 spiro atoms. The maximum atomic E-state index is 13.4. The third kappa shape index (κ3) is 3.79. The lowest BCUT2D eigenvalue weighted by Gasteiger charge is -2.39. The Hall–Kier alpha value is -2.18. The average molecular weight is 426 g/mol. The zero-order valence-corrected chi connectivity index (χ0v) is 19.2. The van der Waals surface area contributed by atoms with Crippen LogP contribution >= 0.6 is 11.3 Å². The monoisotopic (exact) mass is 425 g/mol. The Labute approximate surface area is 183 Å². The van der Waals surface area contributed by atoms with Gasteiger partial charge in [-0.3, -0.25) is 4.79 Å². The molecule has 5 nitrogen and oxygen atoms in total. The molecule has 6 heteroatoms. The topological polar surface area (TPSA) is 45.7 Å². The van der Waals surface area contributed by atoms with E-state index in [0.29, 0.717) is 6.10 Å². The molecule has 4 rings (SSSR count). The SMILES string of the molecule is C=C(C)c1nc(C)c(C(=O)N2CCc3c(cccc3N3CCC(OC)CC3)C2C)s1. The highest BCUT2D eigenvalue weighted by Crippen LogP contribution is 2.38. The number of anilines is 1. The van der Waals surface area contributed by atoms with E-state index in [9.17, 15) is 4.79 Å². The molecule has 2 aliphatic heterocycles. The number of thiazole rings is 1. The van der Waals surface area contributed by atoms with Gasteiger partial charge in [0.05, 0.1) is 17.8 Å². The highest BCUT2D eigenvalue weighted by atomic mass is 32.1. The van der Waals surface area contributed by atoms with E-state index in [1.165, 1.54) is 28.2 Å². The van der Waals surface area contributed by atoms with Crippen LogP contribution in [0.5, 0.6) is 0 Å². The van der Waals surface area contributed by atoms with Crippen molar-refractivity contribution in [2.45, 2.75) is 52.2 Å². The van der Waals surface area contributed by atoms with Crippen LogP contribution in [0.3, 0.4) is 0 Å². The number of carbonyl (C=O) groups is 1. The minimum absolute atomic E-state index is 0.0486. The predicted molar refractivity (Wildman–Crippen MR) is 123 cm³/mol. The molecular formula is C24H31N3O2S. The van der Waals surface area contributed by atoms with Crippen molar-refractivity contribution in [3.05, 3.63) is 51.5 Å². The molecule has 1 atom stereocenters. The number of hydrogen-bond donors (Lipinski definition) is 0. The van der Waals surface area contributed by atoms with Crippen LogP contribution in [0.1, 0.15) is 64.2 Å².